The average molecular weight is 632 g/mol. The summed E-state index contributed by atoms with van der Waals surface area (Å²) in [5.74, 6) is -1.97. The zero-order valence-electron chi connectivity index (χ0n) is 29.8. The van der Waals surface area contributed by atoms with Crippen LogP contribution in [0.2, 0.25) is 0 Å². The van der Waals surface area contributed by atoms with E-state index < -0.39 is 52.7 Å². The molecular formula is C35H61N5O5. The van der Waals surface area contributed by atoms with Gasteiger partial charge in [0.2, 0.25) is 17.6 Å². The number of ketones is 1. The summed E-state index contributed by atoms with van der Waals surface area (Å²) in [4.78, 5) is 67.8. The highest BCUT2D eigenvalue weighted by atomic mass is 16.2. The van der Waals surface area contributed by atoms with E-state index in [2.05, 4.69) is 71.3 Å². The molecular weight excluding hydrogens is 570 g/mol. The number of carbonyl (C=O) groups excluding carboxylic acids is 5. The third-order valence-corrected chi connectivity index (χ3v) is 10.2. The first-order valence-electron chi connectivity index (χ1n) is 17.0. The van der Waals surface area contributed by atoms with Crippen LogP contribution in [0.3, 0.4) is 0 Å². The van der Waals surface area contributed by atoms with Crippen LogP contribution in [0.15, 0.2) is 0 Å². The van der Waals surface area contributed by atoms with Gasteiger partial charge in [-0.15, -0.1) is 0 Å². The van der Waals surface area contributed by atoms with Crippen LogP contribution >= 0.6 is 0 Å². The molecule has 5 amide bonds. The molecule has 10 heteroatoms. The van der Waals surface area contributed by atoms with Gasteiger partial charge < -0.3 is 26.6 Å². The highest BCUT2D eigenvalue weighted by molar-refractivity contribution is 6.37. The van der Waals surface area contributed by atoms with E-state index in [0.29, 0.717) is 18.9 Å². The van der Waals surface area contributed by atoms with Gasteiger partial charge in [0, 0.05) is 12.1 Å². The third kappa shape index (κ3) is 9.44. The molecule has 3 aliphatic rings. The van der Waals surface area contributed by atoms with Crippen molar-refractivity contribution in [2.45, 2.75) is 145 Å². The Kier molecular flexibility index (Phi) is 10.8. The number of primary amides is 1. The van der Waals surface area contributed by atoms with Gasteiger partial charge in [-0.2, -0.15) is 0 Å². The zero-order chi connectivity index (χ0) is 34.3. The molecule has 0 radical (unpaired) electrons. The van der Waals surface area contributed by atoms with Crippen LogP contribution in [0.4, 0.5) is 4.79 Å². The number of likely N-dealkylation sites (tertiary alicyclic amines) is 1. The van der Waals surface area contributed by atoms with E-state index in [0.717, 1.165) is 38.5 Å². The Morgan fingerprint density at radius 2 is 1.53 bits per heavy atom. The molecule has 0 aromatic rings. The summed E-state index contributed by atoms with van der Waals surface area (Å²) in [7, 11) is 0. The first kappa shape index (κ1) is 36.8. The Bertz CT molecular complexity index is 1150. The van der Waals surface area contributed by atoms with Crippen LogP contribution in [-0.2, 0) is 19.2 Å². The number of fused-ring (bicyclic) bond motifs is 1. The maximum absolute atomic E-state index is 14.3. The van der Waals surface area contributed by atoms with Crippen molar-refractivity contribution < 1.29 is 24.0 Å². The van der Waals surface area contributed by atoms with Gasteiger partial charge >= 0.3 is 6.03 Å². The lowest BCUT2D eigenvalue weighted by atomic mass is 9.82. The molecule has 1 heterocycles. The smallest absolute Gasteiger partial charge is 0.315 e. The third-order valence-electron chi connectivity index (χ3n) is 10.2. The molecule has 2 saturated carbocycles. The van der Waals surface area contributed by atoms with Crippen molar-refractivity contribution in [1.29, 1.82) is 0 Å². The van der Waals surface area contributed by atoms with Gasteiger partial charge in [0.15, 0.2) is 0 Å². The molecule has 0 bridgehead atoms. The maximum atomic E-state index is 14.3. The number of hydrogen-bond donors (Lipinski definition) is 4. The van der Waals surface area contributed by atoms with E-state index in [9.17, 15) is 24.0 Å². The fourth-order valence-electron chi connectivity index (χ4n) is 7.54. The highest BCUT2D eigenvalue weighted by Crippen LogP contribution is 2.65. The van der Waals surface area contributed by atoms with Gasteiger partial charge in [0.25, 0.3) is 5.91 Å². The minimum atomic E-state index is -1.07. The molecule has 5 N–H and O–H groups in total. The molecule has 0 aromatic carbocycles. The molecule has 45 heavy (non-hydrogen) atoms. The number of amides is 5. The minimum absolute atomic E-state index is 0.0849. The molecule has 1 aliphatic heterocycles. The van der Waals surface area contributed by atoms with Crippen molar-refractivity contribution in [2.24, 2.45) is 45.7 Å². The predicted octanol–water partition coefficient (Wildman–Crippen LogP) is 4.54. The van der Waals surface area contributed by atoms with Gasteiger partial charge in [-0.1, -0.05) is 88.5 Å². The monoisotopic (exact) mass is 631 g/mol. The Hall–Kier alpha value is -2.65. The number of piperidine rings is 1. The van der Waals surface area contributed by atoms with E-state index in [1.165, 1.54) is 0 Å². The van der Waals surface area contributed by atoms with E-state index in [1.54, 1.807) is 4.90 Å². The molecule has 10 nitrogen and oxygen atoms in total. The van der Waals surface area contributed by atoms with Crippen LogP contribution in [0.25, 0.3) is 0 Å². The van der Waals surface area contributed by atoms with Crippen molar-refractivity contribution in [3.63, 3.8) is 0 Å². The van der Waals surface area contributed by atoms with Crippen molar-refractivity contribution in [1.82, 2.24) is 20.9 Å². The molecule has 6 atom stereocenters. The van der Waals surface area contributed by atoms with Crippen LogP contribution in [-0.4, -0.2) is 64.6 Å². The first-order valence-corrected chi connectivity index (χ1v) is 17.0. The standard InChI is InChI=1S/C35H61N5O5/c1-20(2)18-35(11,16-12-15-32(3,4)5)39-31(45)38-27(33(6,7)8)30(44)40-19-22-24(34(22,9)10)25(40)29(43)37-23(17-21-13-14-21)26(41)28(36)42/h20-25,27H,12-19H2,1-11H3,(H2,36,42)(H,37,43)(H2,38,39,45)/t22?,23?,24?,25-,27+,35?/m0/s1. The second-order valence-electron chi connectivity index (χ2n) is 17.8. The molecule has 1 saturated heterocycles. The predicted molar refractivity (Wildman–Crippen MR) is 176 cm³/mol. The van der Waals surface area contributed by atoms with Crippen LogP contribution in [0.5, 0.6) is 0 Å². The van der Waals surface area contributed by atoms with Crippen LogP contribution in [0.1, 0.15) is 121 Å². The van der Waals surface area contributed by atoms with Crippen molar-refractivity contribution >= 4 is 29.5 Å². The number of urea groups is 1. The fourth-order valence-corrected chi connectivity index (χ4v) is 7.54. The lowest BCUT2D eigenvalue weighted by Crippen LogP contribution is -2.62. The summed E-state index contributed by atoms with van der Waals surface area (Å²) in [5, 5.41) is 9.02. The summed E-state index contributed by atoms with van der Waals surface area (Å²) in [5.41, 5.74) is 4.28. The molecule has 4 unspecified atom stereocenters. The summed E-state index contributed by atoms with van der Waals surface area (Å²) < 4.78 is 0. The highest BCUT2D eigenvalue weighted by Gasteiger charge is 2.70. The maximum Gasteiger partial charge on any atom is 0.315 e. The molecule has 2 aliphatic carbocycles. The lowest BCUT2D eigenvalue weighted by Gasteiger charge is -2.39. The number of carbonyl (C=O) groups is 5. The zero-order valence-corrected chi connectivity index (χ0v) is 29.8. The summed E-state index contributed by atoms with van der Waals surface area (Å²) >= 11 is 0. The normalized spacial score (nSPS) is 25.1. The molecule has 0 spiro atoms. The van der Waals surface area contributed by atoms with Crippen molar-refractivity contribution in [2.75, 3.05) is 6.54 Å². The van der Waals surface area contributed by atoms with E-state index in [1.807, 2.05) is 20.8 Å². The van der Waals surface area contributed by atoms with E-state index in [-0.39, 0.29) is 34.5 Å². The van der Waals surface area contributed by atoms with Gasteiger partial charge in [-0.05, 0) is 72.5 Å². The summed E-state index contributed by atoms with van der Waals surface area (Å²) in [6, 6.07) is -3.09. The fraction of sp³-hybridized carbons (Fsp3) is 0.857. The minimum Gasteiger partial charge on any atom is -0.363 e. The first-order chi connectivity index (χ1) is 20.5. The largest absolute Gasteiger partial charge is 0.363 e. The number of nitrogens with one attached hydrogen (secondary N) is 3. The van der Waals surface area contributed by atoms with Gasteiger partial charge in [0.05, 0.1) is 6.04 Å². The van der Waals surface area contributed by atoms with Crippen molar-refractivity contribution in [3.8, 4) is 0 Å². The summed E-state index contributed by atoms with van der Waals surface area (Å²) in [6.45, 7) is 23.3. The Balaban J connectivity index is 1.80. The summed E-state index contributed by atoms with van der Waals surface area (Å²) in [6.07, 6.45) is 5.88. The molecule has 3 fully saturated rings. The number of rotatable bonds is 14. The topological polar surface area (TPSA) is 151 Å². The second-order valence-corrected chi connectivity index (χ2v) is 17.8. The number of nitrogens with zero attached hydrogens (tertiary/aromatic N) is 1. The molecule has 3 rings (SSSR count). The molecule has 256 valence electrons. The van der Waals surface area contributed by atoms with Gasteiger partial charge in [0.1, 0.15) is 12.1 Å². The Morgan fingerprint density at radius 1 is 0.933 bits per heavy atom. The Morgan fingerprint density at radius 3 is 2.02 bits per heavy atom. The number of Topliss-reactive ketones (excluding diaryl/α,β-unsaturated/α-hetero) is 1. The Labute approximate surface area is 271 Å². The number of hydrogen-bond acceptors (Lipinski definition) is 5. The average Bonchev–Trinajstić information content (AvgIpc) is 3.71. The molecule has 0 aromatic heterocycles. The second kappa shape index (κ2) is 13.2. The van der Waals surface area contributed by atoms with Crippen LogP contribution in [0, 0.1) is 39.9 Å². The SMILES string of the molecule is CC(C)CC(C)(CCCC(C)(C)C)NC(=O)N[C@H](C(=O)N1CC2C([C@H]1C(=O)NC(CC1CC1)C(=O)C(N)=O)C2(C)C)C(C)(C)C. The van der Waals surface area contributed by atoms with E-state index >= 15 is 0 Å². The van der Waals surface area contributed by atoms with Gasteiger partial charge in [-0.25, -0.2) is 4.79 Å². The van der Waals surface area contributed by atoms with Gasteiger partial charge in [-0.3, -0.25) is 19.2 Å². The van der Waals surface area contributed by atoms with E-state index in [4.69, 9.17) is 5.73 Å². The quantitative estimate of drug-likeness (QED) is 0.208. The van der Waals surface area contributed by atoms with Crippen LogP contribution < -0.4 is 21.7 Å². The number of nitrogens with two attached hydrogens (primary N) is 1. The van der Waals surface area contributed by atoms with Crippen molar-refractivity contribution in [3.05, 3.63) is 0 Å². The lowest BCUT2D eigenvalue weighted by molar-refractivity contribution is -0.145.